The summed E-state index contributed by atoms with van der Waals surface area (Å²) in [5, 5.41) is 10.3. The van der Waals surface area contributed by atoms with Crippen molar-refractivity contribution in [1.29, 1.82) is 0 Å². The average Bonchev–Trinajstić information content (AvgIpc) is 2.96. The van der Waals surface area contributed by atoms with Crippen LogP contribution in [0.4, 0.5) is 10.5 Å². The van der Waals surface area contributed by atoms with Gasteiger partial charge in [-0.1, -0.05) is 0 Å². The van der Waals surface area contributed by atoms with Gasteiger partial charge in [0.25, 0.3) is 0 Å². The lowest BCUT2D eigenvalue weighted by Gasteiger charge is -2.21. The molecule has 2 amide bonds. The van der Waals surface area contributed by atoms with E-state index in [1.54, 1.807) is 12.4 Å². The minimum Gasteiger partial charge on any atom is -0.444 e. The number of ether oxygens (including phenoxy) is 1. The zero-order valence-corrected chi connectivity index (χ0v) is 13.8. The third kappa shape index (κ3) is 5.80. The largest absolute Gasteiger partial charge is 0.444 e. The van der Waals surface area contributed by atoms with Crippen LogP contribution in [0.15, 0.2) is 12.4 Å². The molecule has 0 saturated heterocycles. The van der Waals surface area contributed by atoms with Crippen molar-refractivity contribution in [3.8, 4) is 0 Å². The van der Waals surface area contributed by atoms with Crippen LogP contribution in [0.2, 0.25) is 0 Å². The molecule has 2 atom stereocenters. The van der Waals surface area contributed by atoms with Crippen molar-refractivity contribution in [2.75, 3.05) is 5.32 Å². The molecule has 8 nitrogen and oxygen atoms in total. The summed E-state index contributed by atoms with van der Waals surface area (Å²) in [6.45, 7) is 5.59. The quantitative estimate of drug-likeness (QED) is 0.754. The highest BCUT2D eigenvalue weighted by atomic mass is 16.6. The number of aromatic nitrogens is 2. The second-order valence-electron chi connectivity index (χ2n) is 6.89. The summed E-state index contributed by atoms with van der Waals surface area (Å²) < 4.78 is 6.76. The van der Waals surface area contributed by atoms with Crippen molar-refractivity contribution in [1.82, 2.24) is 15.1 Å². The molecule has 128 valence electrons. The monoisotopic (exact) mass is 323 g/mol. The molecule has 2 rings (SSSR count). The van der Waals surface area contributed by atoms with Crippen LogP contribution >= 0.6 is 0 Å². The highest BCUT2D eigenvalue weighted by Crippen LogP contribution is 2.23. The number of carbonyl (C=O) groups excluding carboxylic acids is 2. The van der Waals surface area contributed by atoms with Crippen LogP contribution in [0.3, 0.4) is 0 Å². The van der Waals surface area contributed by atoms with Crippen molar-refractivity contribution in [3.05, 3.63) is 12.4 Å². The van der Waals surface area contributed by atoms with Crippen molar-refractivity contribution in [3.63, 3.8) is 0 Å². The van der Waals surface area contributed by atoms with E-state index in [1.165, 1.54) is 4.68 Å². The van der Waals surface area contributed by atoms with E-state index in [0.717, 1.165) is 24.9 Å². The molecule has 0 bridgehead atoms. The van der Waals surface area contributed by atoms with E-state index in [4.69, 9.17) is 10.5 Å². The summed E-state index contributed by atoms with van der Waals surface area (Å²) in [4.78, 5) is 22.6. The lowest BCUT2D eigenvalue weighted by atomic mass is 10.2. The van der Waals surface area contributed by atoms with Gasteiger partial charge in [0.1, 0.15) is 12.1 Å². The Bertz CT molecular complexity index is 564. The highest BCUT2D eigenvalue weighted by molar-refractivity contribution is 5.73. The number of nitrogens with one attached hydrogen (secondary N) is 2. The van der Waals surface area contributed by atoms with Gasteiger partial charge < -0.3 is 21.1 Å². The Balaban J connectivity index is 1.78. The fourth-order valence-corrected chi connectivity index (χ4v) is 2.64. The molecular formula is C15H25N5O3. The van der Waals surface area contributed by atoms with Crippen LogP contribution in [0.25, 0.3) is 0 Å². The average molecular weight is 323 g/mol. The Morgan fingerprint density at radius 3 is 2.74 bits per heavy atom. The molecule has 1 saturated carbocycles. The van der Waals surface area contributed by atoms with E-state index < -0.39 is 11.5 Å². The zero-order chi connectivity index (χ0) is 17.0. The molecule has 2 unspecified atom stereocenters. The number of carbonyl (C=O) groups is 2. The standard InChI is InChI=1S/C15H25N5O3/c1-15(2,3)23-14(22)19-11-5-4-10(6-11)18-12-7-17-20(8-12)9-13(16)21/h7-8,10-11,18H,4-6,9H2,1-3H3,(H2,16,21)(H,19,22). The molecule has 0 radical (unpaired) electrons. The number of primary amides is 1. The molecule has 1 aliphatic rings. The number of hydrogen-bond acceptors (Lipinski definition) is 5. The van der Waals surface area contributed by atoms with Crippen LogP contribution in [0, 0.1) is 0 Å². The molecule has 1 heterocycles. The second-order valence-corrected chi connectivity index (χ2v) is 6.89. The number of amides is 2. The summed E-state index contributed by atoms with van der Waals surface area (Å²) in [5.74, 6) is -0.429. The Morgan fingerprint density at radius 2 is 2.09 bits per heavy atom. The Labute approximate surface area is 135 Å². The van der Waals surface area contributed by atoms with Gasteiger partial charge in [-0.05, 0) is 40.0 Å². The van der Waals surface area contributed by atoms with Gasteiger partial charge in [-0.3, -0.25) is 9.48 Å². The first-order valence-electron chi connectivity index (χ1n) is 7.78. The fourth-order valence-electron chi connectivity index (χ4n) is 2.64. The van der Waals surface area contributed by atoms with E-state index >= 15 is 0 Å². The van der Waals surface area contributed by atoms with E-state index in [0.29, 0.717) is 0 Å². The normalized spacial score (nSPS) is 21.0. The van der Waals surface area contributed by atoms with Crippen molar-refractivity contribution < 1.29 is 14.3 Å². The van der Waals surface area contributed by atoms with Gasteiger partial charge in [-0.25, -0.2) is 4.79 Å². The molecule has 1 aromatic rings. The van der Waals surface area contributed by atoms with Gasteiger partial charge in [0, 0.05) is 18.3 Å². The molecule has 1 aromatic heterocycles. The van der Waals surface area contributed by atoms with Crippen molar-refractivity contribution in [2.45, 2.75) is 64.3 Å². The number of nitrogens with zero attached hydrogens (tertiary/aromatic N) is 2. The molecule has 0 aliphatic heterocycles. The minimum absolute atomic E-state index is 0.0647. The molecular weight excluding hydrogens is 298 g/mol. The van der Waals surface area contributed by atoms with E-state index in [2.05, 4.69) is 15.7 Å². The molecule has 8 heteroatoms. The van der Waals surface area contributed by atoms with Crippen molar-refractivity contribution >= 4 is 17.7 Å². The Hall–Kier alpha value is -2.25. The van der Waals surface area contributed by atoms with Crippen LogP contribution in [0.1, 0.15) is 40.0 Å². The maximum absolute atomic E-state index is 11.8. The number of hydrogen-bond donors (Lipinski definition) is 3. The van der Waals surface area contributed by atoms with Crippen LogP contribution in [-0.4, -0.2) is 39.5 Å². The van der Waals surface area contributed by atoms with E-state index in [1.807, 2.05) is 20.8 Å². The van der Waals surface area contributed by atoms with E-state index in [9.17, 15) is 9.59 Å². The maximum atomic E-state index is 11.8. The molecule has 0 aromatic carbocycles. The van der Waals surface area contributed by atoms with Gasteiger partial charge in [0.15, 0.2) is 0 Å². The predicted molar refractivity (Wildman–Crippen MR) is 85.8 cm³/mol. The van der Waals surface area contributed by atoms with Crippen LogP contribution < -0.4 is 16.4 Å². The maximum Gasteiger partial charge on any atom is 0.407 e. The highest BCUT2D eigenvalue weighted by Gasteiger charge is 2.27. The SMILES string of the molecule is CC(C)(C)OC(=O)NC1CCC(Nc2cnn(CC(N)=O)c2)C1. The smallest absolute Gasteiger partial charge is 0.407 e. The van der Waals surface area contributed by atoms with Gasteiger partial charge >= 0.3 is 6.09 Å². The molecule has 1 aliphatic carbocycles. The first-order chi connectivity index (χ1) is 10.7. The van der Waals surface area contributed by atoms with Gasteiger partial charge in [0.05, 0.1) is 11.9 Å². The summed E-state index contributed by atoms with van der Waals surface area (Å²) in [6, 6.07) is 0.351. The van der Waals surface area contributed by atoms with Gasteiger partial charge in [-0.2, -0.15) is 5.10 Å². The summed E-state index contributed by atoms with van der Waals surface area (Å²) >= 11 is 0. The second kappa shape index (κ2) is 6.89. The van der Waals surface area contributed by atoms with Crippen LogP contribution in [-0.2, 0) is 16.1 Å². The van der Waals surface area contributed by atoms with Gasteiger partial charge in [0.2, 0.25) is 5.91 Å². The predicted octanol–water partition coefficient (Wildman–Crippen LogP) is 1.23. The number of rotatable bonds is 5. The zero-order valence-electron chi connectivity index (χ0n) is 13.8. The van der Waals surface area contributed by atoms with Gasteiger partial charge in [-0.15, -0.1) is 0 Å². The third-order valence-electron chi connectivity index (χ3n) is 3.48. The summed E-state index contributed by atoms with van der Waals surface area (Å²) in [6.07, 6.45) is 5.70. The van der Waals surface area contributed by atoms with E-state index in [-0.39, 0.29) is 24.7 Å². The van der Waals surface area contributed by atoms with Crippen LogP contribution in [0.5, 0.6) is 0 Å². The summed E-state index contributed by atoms with van der Waals surface area (Å²) in [7, 11) is 0. The first-order valence-corrected chi connectivity index (χ1v) is 7.78. The Kier molecular flexibility index (Phi) is 5.12. The molecule has 23 heavy (non-hydrogen) atoms. The fraction of sp³-hybridized carbons (Fsp3) is 0.667. The molecule has 1 fully saturated rings. The lowest BCUT2D eigenvalue weighted by Crippen LogP contribution is -2.38. The third-order valence-corrected chi connectivity index (χ3v) is 3.48. The Morgan fingerprint density at radius 1 is 1.39 bits per heavy atom. The lowest BCUT2D eigenvalue weighted by molar-refractivity contribution is -0.118. The number of alkyl carbamates (subject to hydrolysis) is 1. The molecule has 4 N–H and O–H groups in total. The molecule has 0 spiro atoms. The number of nitrogens with two attached hydrogens (primary N) is 1. The first kappa shape index (κ1) is 17.1. The minimum atomic E-state index is -0.491. The topological polar surface area (TPSA) is 111 Å². The summed E-state index contributed by atoms with van der Waals surface area (Å²) in [5.41, 5.74) is 5.48. The number of anilines is 1. The van der Waals surface area contributed by atoms with Crippen molar-refractivity contribution in [2.24, 2.45) is 5.73 Å².